The van der Waals surface area contributed by atoms with Crippen LogP contribution in [0, 0.1) is 0 Å². The lowest BCUT2D eigenvalue weighted by Crippen LogP contribution is -2.18. The Labute approximate surface area is 121 Å². The molecule has 2 aromatic rings. The molecule has 1 aromatic heterocycles. The summed E-state index contributed by atoms with van der Waals surface area (Å²) >= 11 is 1.46. The van der Waals surface area contributed by atoms with Crippen LogP contribution in [0.25, 0.3) is 0 Å². The Balaban J connectivity index is 1.85. The maximum Gasteiger partial charge on any atom is 0.234 e. The first-order valence-corrected chi connectivity index (χ1v) is 8.44. The average molecular weight is 310 g/mol. The maximum absolute atomic E-state index is 11.8. The number of nitrogens with zero attached hydrogens (tertiary/aromatic N) is 2. The van der Waals surface area contributed by atoms with Gasteiger partial charge in [-0.05, 0) is 24.3 Å². The fraction of sp³-hybridized carbons (Fsp3) is 0.167. The van der Waals surface area contributed by atoms with Gasteiger partial charge in [0, 0.05) is 28.7 Å². The van der Waals surface area contributed by atoms with Crippen LogP contribution in [-0.2, 0) is 10.0 Å². The summed E-state index contributed by atoms with van der Waals surface area (Å²) in [5.74, 6) is 0.669. The molecule has 8 heteroatoms. The number of benzene rings is 1. The third-order valence-corrected chi connectivity index (χ3v) is 4.86. The highest BCUT2D eigenvalue weighted by molar-refractivity contribution is 8.01. The monoisotopic (exact) mass is 310 g/mol. The highest BCUT2D eigenvalue weighted by atomic mass is 32.2. The van der Waals surface area contributed by atoms with Gasteiger partial charge in [-0.1, -0.05) is 0 Å². The van der Waals surface area contributed by atoms with Gasteiger partial charge in [0.2, 0.25) is 10.0 Å². The van der Waals surface area contributed by atoms with Crippen molar-refractivity contribution in [1.82, 2.24) is 9.97 Å². The van der Waals surface area contributed by atoms with Crippen molar-refractivity contribution in [2.24, 2.45) is 0 Å². The molecule has 0 aliphatic heterocycles. The number of anilines is 2. The van der Waals surface area contributed by atoms with Crippen LogP contribution in [0.4, 0.5) is 11.5 Å². The number of nitrogens with two attached hydrogens (primary N) is 1. The van der Waals surface area contributed by atoms with Crippen molar-refractivity contribution in [1.29, 1.82) is 0 Å². The average Bonchev–Trinajstić information content (AvgIpc) is 2.41. The highest BCUT2D eigenvalue weighted by Crippen LogP contribution is 2.19. The van der Waals surface area contributed by atoms with E-state index in [-0.39, 0.29) is 11.6 Å². The largest absolute Gasteiger partial charge is 0.399 e. The molecule has 6 nitrogen and oxygen atoms in total. The Morgan fingerprint density at radius 1 is 1.20 bits per heavy atom. The van der Waals surface area contributed by atoms with Crippen LogP contribution in [0.15, 0.2) is 47.8 Å². The number of rotatable bonds is 6. The van der Waals surface area contributed by atoms with Crippen molar-refractivity contribution in [2.75, 3.05) is 22.0 Å². The highest BCUT2D eigenvalue weighted by Gasteiger charge is 2.11. The summed E-state index contributed by atoms with van der Waals surface area (Å²) in [5.41, 5.74) is 6.27. The van der Waals surface area contributed by atoms with Gasteiger partial charge in [-0.3, -0.25) is 9.71 Å². The van der Waals surface area contributed by atoms with Gasteiger partial charge in [0.25, 0.3) is 0 Å². The Hall–Kier alpha value is -1.80. The van der Waals surface area contributed by atoms with E-state index in [1.807, 2.05) is 12.1 Å². The van der Waals surface area contributed by atoms with Gasteiger partial charge in [0.15, 0.2) is 5.82 Å². The molecule has 0 aliphatic rings. The molecule has 1 aromatic carbocycles. The fourth-order valence-corrected chi connectivity index (χ4v) is 3.70. The second kappa shape index (κ2) is 6.58. The number of nitrogens with one attached hydrogen (secondary N) is 1. The van der Waals surface area contributed by atoms with Gasteiger partial charge in [-0.2, -0.15) is 0 Å². The van der Waals surface area contributed by atoms with E-state index in [2.05, 4.69) is 14.7 Å². The number of thioether (sulfide) groups is 1. The Bertz CT molecular complexity index is 645. The Morgan fingerprint density at radius 3 is 2.60 bits per heavy atom. The summed E-state index contributed by atoms with van der Waals surface area (Å²) in [6.07, 6.45) is 4.28. The number of nitrogen functional groups attached to an aromatic ring is 1. The molecule has 0 saturated heterocycles. The van der Waals surface area contributed by atoms with Crippen LogP contribution >= 0.6 is 11.8 Å². The van der Waals surface area contributed by atoms with Crippen molar-refractivity contribution in [3.63, 3.8) is 0 Å². The smallest absolute Gasteiger partial charge is 0.234 e. The summed E-state index contributed by atoms with van der Waals surface area (Å²) in [5, 5.41) is 0. The van der Waals surface area contributed by atoms with E-state index in [4.69, 9.17) is 5.73 Å². The predicted octanol–water partition coefficient (Wildman–Crippen LogP) is 1.59. The first kappa shape index (κ1) is 14.6. The third kappa shape index (κ3) is 4.71. The van der Waals surface area contributed by atoms with Gasteiger partial charge in [0.1, 0.15) is 0 Å². The molecule has 20 heavy (non-hydrogen) atoms. The lowest BCUT2D eigenvalue weighted by molar-refractivity contribution is 0.602. The molecule has 0 atom stereocenters. The molecule has 0 spiro atoms. The molecular formula is C12H14N4O2S2. The quantitative estimate of drug-likeness (QED) is 0.621. The minimum atomic E-state index is -3.41. The second-order valence-corrected chi connectivity index (χ2v) is 6.94. The molecule has 106 valence electrons. The molecular weight excluding hydrogens is 296 g/mol. The van der Waals surface area contributed by atoms with E-state index >= 15 is 0 Å². The minimum absolute atomic E-state index is 0.00137. The number of aromatic nitrogens is 2. The van der Waals surface area contributed by atoms with Crippen LogP contribution in [0.2, 0.25) is 0 Å². The molecule has 1 heterocycles. The third-order valence-electron chi connectivity index (χ3n) is 2.32. The van der Waals surface area contributed by atoms with Crippen LogP contribution < -0.4 is 10.5 Å². The van der Waals surface area contributed by atoms with Crippen molar-refractivity contribution in [2.45, 2.75) is 4.90 Å². The molecule has 0 unspecified atom stereocenters. The van der Waals surface area contributed by atoms with Gasteiger partial charge in [0.05, 0.1) is 11.9 Å². The summed E-state index contributed by atoms with van der Waals surface area (Å²) in [6.45, 7) is 0. The van der Waals surface area contributed by atoms with E-state index in [9.17, 15) is 8.42 Å². The van der Waals surface area contributed by atoms with Crippen LogP contribution in [0.5, 0.6) is 0 Å². The maximum atomic E-state index is 11.8. The lowest BCUT2D eigenvalue weighted by Gasteiger charge is -2.06. The van der Waals surface area contributed by atoms with Gasteiger partial charge in [-0.15, -0.1) is 11.8 Å². The zero-order chi connectivity index (χ0) is 14.4. The number of sulfonamides is 1. The molecule has 0 aliphatic carbocycles. The molecule has 2 rings (SSSR count). The minimum Gasteiger partial charge on any atom is -0.399 e. The SMILES string of the molecule is Nc1ccc(SCCS(=O)(=O)Nc2cnccn2)cc1. The fourth-order valence-electron chi connectivity index (χ4n) is 1.40. The summed E-state index contributed by atoms with van der Waals surface area (Å²) in [6, 6.07) is 7.30. The predicted molar refractivity (Wildman–Crippen MR) is 81.0 cm³/mol. The summed E-state index contributed by atoms with van der Waals surface area (Å²) in [4.78, 5) is 8.65. The van der Waals surface area contributed by atoms with Crippen LogP contribution in [-0.4, -0.2) is 29.9 Å². The van der Waals surface area contributed by atoms with E-state index in [1.165, 1.54) is 30.4 Å². The summed E-state index contributed by atoms with van der Waals surface area (Å²) < 4.78 is 26.0. The molecule has 0 saturated carbocycles. The van der Waals surface area contributed by atoms with Crippen molar-refractivity contribution >= 4 is 33.3 Å². The van der Waals surface area contributed by atoms with Crippen molar-refractivity contribution in [3.8, 4) is 0 Å². The van der Waals surface area contributed by atoms with Crippen molar-refractivity contribution < 1.29 is 8.42 Å². The molecule has 3 N–H and O–H groups in total. The van der Waals surface area contributed by atoms with Crippen molar-refractivity contribution in [3.05, 3.63) is 42.9 Å². The zero-order valence-corrected chi connectivity index (χ0v) is 12.2. The zero-order valence-electron chi connectivity index (χ0n) is 10.6. The molecule has 0 radical (unpaired) electrons. The molecule has 0 amide bonds. The van der Waals surface area contributed by atoms with E-state index in [1.54, 1.807) is 12.1 Å². The molecule has 0 fully saturated rings. The van der Waals surface area contributed by atoms with Gasteiger partial charge in [-0.25, -0.2) is 13.4 Å². The second-order valence-electron chi connectivity index (χ2n) is 3.93. The first-order valence-electron chi connectivity index (χ1n) is 5.80. The Morgan fingerprint density at radius 2 is 1.95 bits per heavy atom. The van der Waals surface area contributed by atoms with Gasteiger partial charge < -0.3 is 5.73 Å². The van der Waals surface area contributed by atoms with E-state index < -0.39 is 10.0 Å². The number of hydrogen-bond acceptors (Lipinski definition) is 6. The Kier molecular flexibility index (Phi) is 4.80. The summed E-state index contributed by atoms with van der Waals surface area (Å²) in [7, 11) is -3.41. The van der Waals surface area contributed by atoms with E-state index in [0.717, 1.165) is 4.90 Å². The lowest BCUT2D eigenvalue weighted by atomic mass is 10.3. The first-order chi connectivity index (χ1) is 9.55. The van der Waals surface area contributed by atoms with Gasteiger partial charge >= 0.3 is 0 Å². The van der Waals surface area contributed by atoms with E-state index in [0.29, 0.717) is 11.4 Å². The standard InChI is InChI=1S/C12H14N4O2S2/c13-10-1-3-11(4-2-10)19-7-8-20(17,18)16-12-9-14-5-6-15-12/h1-6,9H,7-8,13H2,(H,15,16). The molecule has 0 bridgehead atoms. The van der Waals surface area contributed by atoms with Crippen LogP contribution in [0.3, 0.4) is 0 Å². The topological polar surface area (TPSA) is 98.0 Å². The van der Waals surface area contributed by atoms with Crippen LogP contribution in [0.1, 0.15) is 0 Å². The normalized spacial score (nSPS) is 11.2. The number of hydrogen-bond donors (Lipinski definition) is 2.